The summed E-state index contributed by atoms with van der Waals surface area (Å²) in [5, 5.41) is 25.5. The minimum Gasteiger partial charge on any atom is -0.481 e. The van der Waals surface area contributed by atoms with Crippen LogP contribution in [0.3, 0.4) is 0 Å². The van der Waals surface area contributed by atoms with Gasteiger partial charge in [0.25, 0.3) is 0 Å². The summed E-state index contributed by atoms with van der Waals surface area (Å²) in [4.78, 5) is 71.6. The molecule has 0 bridgehead atoms. The van der Waals surface area contributed by atoms with E-state index in [1.807, 2.05) is 0 Å². The number of carbonyl (C=O) groups excluding carboxylic acids is 4. The molecule has 13 heteroatoms. The second-order valence-corrected chi connectivity index (χ2v) is 8.54. The molecule has 0 aromatic heterocycles. The van der Waals surface area contributed by atoms with Gasteiger partial charge in [-0.25, -0.2) is 4.79 Å². The molecule has 194 valence electrons. The second kappa shape index (κ2) is 14.8. The first-order valence-electron chi connectivity index (χ1n) is 11.1. The molecular formula is C21H37N5O8. The summed E-state index contributed by atoms with van der Waals surface area (Å²) in [5.74, 6) is -6.21. The molecular weight excluding hydrogens is 450 g/mol. The Morgan fingerprint density at radius 3 is 1.76 bits per heavy atom. The molecule has 0 aliphatic rings. The topological polar surface area (TPSA) is 231 Å². The van der Waals surface area contributed by atoms with E-state index in [1.54, 1.807) is 27.7 Å². The summed E-state index contributed by atoms with van der Waals surface area (Å²) in [5.41, 5.74) is 10.9. The number of carboxylic acids is 2. The van der Waals surface area contributed by atoms with Crippen molar-refractivity contribution in [2.45, 2.75) is 84.0 Å². The van der Waals surface area contributed by atoms with Crippen LogP contribution in [0, 0.1) is 11.8 Å². The van der Waals surface area contributed by atoms with Crippen LogP contribution < -0.4 is 27.4 Å². The van der Waals surface area contributed by atoms with Gasteiger partial charge in [-0.3, -0.25) is 24.0 Å². The number of carboxylic acid groups (broad SMARTS) is 2. The molecule has 0 heterocycles. The Morgan fingerprint density at radius 1 is 0.794 bits per heavy atom. The number of hydrogen-bond acceptors (Lipinski definition) is 7. The maximum atomic E-state index is 13.0. The lowest BCUT2D eigenvalue weighted by Gasteiger charge is -2.28. The molecule has 0 spiro atoms. The highest BCUT2D eigenvalue weighted by atomic mass is 16.4. The standard InChI is InChI=1S/C21H37N5O8/c1-5-11(4)17(26-19(31)16(23)10(2)3)20(32)24-12(7-9-15(28)29)18(30)25-13(21(33)34)6-8-14(22)27/h10-13,16-17H,5-9,23H2,1-4H3,(H2,22,27)(H,24,32)(H,25,30)(H,26,31)(H,28,29)(H,33,34). The van der Waals surface area contributed by atoms with Crippen LogP contribution in [0.15, 0.2) is 0 Å². The highest BCUT2D eigenvalue weighted by molar-refractivity contribution is 5.94. The minimum absolute atomic E-state index is 0.192. The van der Waals surface area contributed by atoms with Gasteiger partial charge in [-0.05, 0) is 24.7 Å². The Balaban J connectivity index is 5.64. The van der Waals surface area contributed by atoms with Gasteiger partial charge in [-0.15, -0.1) is 0 Å². The van der Waals surface area contributed by atoms with Gasteiger partial charge in [0, 0.05) is 12.8 Å². The number of amides is 4. The van der Waals surface area contributed by atoms with Crippen molar-refractivity contribution in [2.75, 3.05) is 0 Å². The maximum absolute atomic E-state index is 13.0. The highest BCUT2D eigenvalue weighted by Crippen LogP contribution is 2.11. The predicted molar refractivity (Wildman–Crippen MR) is 121 cm³/mol. The van der Waals surface area contributed by atoms with Crippen LogP contribution in [0.1, 0.15) is 59.8 Å². The molecule has 0 radical (unpaired) electrons. The molecule has 0 aliphatic heterocycles. The van der Waals surface area contributed by atoms with Crippen LogP contribution in [-0.4, -0.2) is 69.9 Å². The average molecular weight is 488 g/mol. The minimum atomic E-state index is -1.47. The Hall–Kier alpha value is -3.22. The van der Waals surface area contributed by atoms with Crippen molar-refractivity contribution < 1.29 is 39.0 Å². The number of carbonyl (C=O) groups is 6. The van der Waals surface area contributed by atoms with E-state index >= 15 is 0 Å². The van der Waals surface area contributed by atoms with Crippen molar-refractivity contribution in [1.82, 2.24) is 16.0 Å². The lowest BCUT2D eigenvalue weighted by Crippen LogP contribution is -2.59. The van der Waals surface area contributed by atoms with E-state index in [9.17, 15) is 33.9 Å². The Labute approximate surface area is 198 Å². The van der Waals surface area contributed by atoms with Gasteiger partial charge in [0.2, 0.25) is 23.6 Å². The smallest absolute Gasteiger partial charge is 0.326 e. The summed E-state index contributed by atoms with van der Waals surface area (Å²) in [7, 11) is 0. The lowest BCUT2D eigenvalue weighted by molar-refractivity contribution is -0.143. The van der Waals surface area contributed by atoms with Crippen molar-refractivity contribution in [3.63, 3.8) is 0 Å². The molecule has 0 saturated carbocycles. The zero-order chi connectivity index (χ0) is 26.6. The molecule has 13 nitrogen and oxygen atoms in total. The van der Waals surface area contributed by atoms with Gasteiger partial charge in [0.15, 0.2) is 0 Å². The van der Waals surface area contributed by atoms with Gasteiger partial charge in [0.05, 0.1) is 6.04 Å². The predicted octanol–water partition coefficient (Wildman–Crippen LogP) is -1.31. The number of primary amides is 1. The van der Waals surface area contributed by atoms with Crippen LogP contribution >= 0.6 is 0 Å². The van der Waals surface area contributed by atoms with E-state index in [2.05, 4.69) is 16.0 Å². The molecule has 0 fully saturated rings. The Kier molecular flexibility index (Phi) is 13.4. The van der Waals surface area contributed by atoms with E-state index in [4.69, 9.17) is 16.6 Å². The largest absolute Gasteiger partial charge is 0.481 e. The van der Waals surface area contributed by atoms with Crippen LogP contribution in [0.4, 0.5) is 0 Å². The van der Waals surface area contributed by atoms with Crippen LogP contribution in [0.25, 0.3) is 0 Å². The molecule has 4 amide bonds. The first-order chi connectivity index (χ1) is 15.7. The zero-order valence-corrected chi connectivity index (χ0v) is 20.0. The van der Waals surface area contributed by atoms with Gasteiger partial charge in [-0.2, -0.15) is 0 Å². The first kappa shape index (κ1) is 30.8. The fraction of sp³-hybridized carbons (Fsp3) is 0.714. The van der Waals surface area contributed by atoms with Crippen LogP contribution in [-0.2, 0) is 28.8 Å². The first-order valence-corrected chi connectivity index (χ1v) is 11.1. The monoisotopic (exact) mass is 487 g/mol. The van der Waals surface area contributed by atoms with Crippen LogP contribution in [0.2, 0.25) is 0 Å². The van der Waals surface area contributed by atoms with Crippen LogP contribution in [0.5, 0.6) is 0 Å². The Bertz CT molecular complexity index is 757. The van der Waals surface area contributed by atoms with E-state index < -0.39 is 66.2 Å². The summed E-state index contributed by atoms with van der Waals surface area (Å²) in [6, 6.07) is -4.81. The number of hydrogen-bond donors (Lipinski definition) is 7. The molecule has 0 aromatic carbocycles. The summed E-state index contributed by atoms with van der Waals surface area (Å²) >= 11 is 0. The summed E-state index contributed by atoms with van der Waals surface area (Å²) < 4.78 is 0. The third-order valence-electron chi connectivity index (χ3n) is 5.39. The fourth-order valence-corrected chi connectivity index (χ4v) is 2.87. The number of nitrogens with one attached hydrogen (secondary N) is 3. The van der Waals surface area contributed by atoms with E-state index in [0.29, 0.717) is 6.42 Å². The molecule has 5 atom stereocenters. The highest BCUT2D eigenvalue weighted by Gasteiger charge is 2.33. The normalized spacial score (nSPS) is 15.4. The Morgan fingerprint density at radius 2 is 1.32 bits per heavy atom. The second-order valence-electron chi connectivity index (χ2n) is 8.54. The van der Waals surface area contributed by atoms with Crippen molar-refractivity contribution in [2.24, 2.45) is 23.3 Å². The van der Waals surface area contributed by atoms with Gasteiger partial charge in [0.1, 0.15) is 18.1 Å². The molecule has 0 rings (SSSR count). The number of rotatable bonds is 16. The summed E-state index contributed by atoms with van der Waals surface area (Å²) in [6.07, 6.45) is -0.913. The SMILES string of the molecule is CCC(C)C(NC(=O)C(N)C(C)C)C(=O)NC(CCC(=O)O)C(=O)NC(CCC(N)=O)C(=O)O. The third kappa shape index (κ3) is 11.1. The lowest BCUT2D eigenvalue weighted by atomic mass is 9.96. The van der Waals surface area contributed by atoms with Crippen molar-refractivity contribution in [3.05, 3.63) is 0 Å². The molecule has 9 N–H and O–H groups in total. The van der Waals surface area contributed by atoms with E-state index in [1.165, 1.54) is 0 Å². The van der Waals surface area contributed by atoms with E-state index in [0.717, 1.165) is 0 Å². The molecule has 34 heavy (non-hydrogen) atoms. The molecule has 0 aromatic rings. The molecule has 0 aliphatic carbocycles. The third-order valence-corrected chi connectivity index (χ3v) is 5.39. The fourth-order valence-electron chi connectivity index (χ4n) is 2.87. The van der Waals surface area contributed by atoms with E-state index in [-0.39, 0.29) is 31.1 Å². The van der Waals surface area contributed by atoms with Gasteiger partial charge >= 0.3 is 11.9 Å². The maximum Gasteiger partial charge on any atom is 0.326 e. The van der Waals surface area contributed by atoms with Crippen molar-refractivity contribution >= 4 is 35.6 Å². The van der Waals surface area contributed by atoms with Crippen molar-refractivity contribution in [1.29, 1.82) is 0 Å². The zero-order valence-electron chi connectivity index (χ0n) is 20.0. The number of nitrogens with two attached hydrogens (primary N) is 2. The van der Waals surface area contributed by atoms with Gasteiger partial charge in [-0.1, -0.05) is 34.1 Å². The molecule has 0 saturated heterocycles. The van der Waals surface area contributed by atoms with Crippen molar-refractivity contribution in [3.8, 4) is 0 Å². The molecule has 5 unspecified atom stereocenters. The summed E-state index contributed by atoms with van der Waals surface area (Å²) in [6.45, 7) is 6.99. The van der Waals surface area contributed by atoms with Gasteiger partial charge < -0.3 is 37.6 Å². The number of aliphatic carboxylic acids is 2. The quantitative estimate of drug-likeness (QED) is 0.137. The average Bonchev–Trinajstić information content (AvgIpc) is 2.75.